The van der Waals surface area contributed by atoms with E-state index in [1.165, 1.54) is 17.2 Å². The number of allylic oxidation sites excluding steroid dienone is 2. The van der Waals surface area contributed by atoms with Gasteiger partial charge in [0, 0.05) is 51.1 Å². The van der Waals surface area contributed by atoms with E-state index in [0.29, 0.717) is 18.5 Å². The van der Waals surface area contributed by atoms with Crippen molar-refractivity contribution in [3.8, 4) is 11.1 Å². The molecule has 11 rings (SSSR count). The number of benzene rings is 6. The van der Waals surface area contributed by atoms with E-state index in [-0.39, 0.29) is 17.8 Å². The summed E-state index contributed by atoms with van der Waals surface area (Å²) in [6.07, 6.45) is 1.96. The number of fused-ring (bicyclic) bond motifs is 10. The molecule has 5 unspecified atom stereocenters. The Kier molecular flexibility index (Phi) is 9.68. The number of alkyl halides is 3. The van der Waals surface area contributed by atoms with Gasteiger partial charge in [-0.15, -0.1) is 13.2 Å². The van der Waals surface area contributed by atoms with Crippen LogP contribution in [0.4, 0.5) is 58.8 Å². The van der Waals surface area contributed by atoms with Gasteiger partial charge in [-0.05, 0) is 109 Å². The Morgan fingerprint density at radius 1 is 0.597 bits per heavy atom. The lowest BCUT2D eigenvalue weighted by Crippen LogP contribution is -2.62. The number of nitrogens with zero attached hydrogens (tertiary/aromatic N) is 5. The largest absolute Gasteiger partial charge is 0.418 e. The third kappa shape index (κ3) is 5.90. The summed E-state index contributed by atoms with van der Waals surface area (Å²) in [5.74, 6) is 0.673. The molecule has 0 aliphatic carbocycles. The first kappa shape index (κ1) is 42.6. The SMILES string of the molecule is C=CC1c2ccccc2N2c3cccc(C(F)(F)F)c3N(c3ccccc3C)C2C1(C)CCC1(C=C)c2ccccc2N2c3ncccc3N(c3cccc(-c4ccccc4)c3C)C2C1(C)C. The van der Waals surface area contributed by atoms with Gasteiger partial charge in [-0.1, -0.05) is 136 Å². The van der Waals surface area contributed by atoms with Gasteiger partial charge in [0.05, 0.1) is 22.6 Å². The number of aryl methyl sites for hydroxylation is 1. The first-order valence-corrected chi connectivity index (χ1v) is 23.3. The lowest BCUT2D eigenvalue weighted by molar-refractivity contribution is -0.137. The Balaban J connectivity index is 1.11. The summed E-state index contributed by atoms with van der Waals surface area (Å²) in [6.45, 7) is 20.5. The second kappa shape index (κ2) is 15.2. The van der Waals surface area contributed by atoms with E-state index >= 15 is 13.2 Å². The van der Waals surface area contributed by atoms with Crippen LogP contribution in [0.25, 0.3) is 11.1 Å². The number of para-hydroxylation sites is 4. The zero-order valence-electron chi connectivity index (χ0n) is 38.6. The van der Waals surface area contributed by atoms with E-state index < -0.39 is 34.2 Å². The number of anilines is 8. The van der Waals surface area contributed by atoms with Gasteiger partial charge in [-0.2, -0.15) is 13.2 Å². The standard InChI is InChI=1S/C59H54F3N5/c1-8-43-42-25-14-17-30-48(42)65-50-33-20-28-45(59(60,61)62)52(50)66(46-29-16-13-22-38(46)3)55(65)57(43,7)35-36-58(9-2)44-27-15-18-31-49(44)67-53-51(34-21-37-63-53)64(54(67)56(58,5)6)47-32-19-26-41(39(47)4)40-23-11-10-12-24-40/h8-34,37,43,54-55H,1-2,35-36H2,3-7H3. The topological polar surface area (TPSA) is 25.9 Å². The molecule has 7 aromatic rings. The molecule has 5 atom stereocenters. The minimum absolute atomic E-state index is 0.178. The molecule has 0 radical (unpaired) electrons. The van der Waals surface area contributed by atoms with Gasteiger partial charge in [-0.25, -0.2) is 4.98 Å². The van der Waals surface area contributed by atoms with Gasteiger partial charge < -0.3 is 19.6 Å². The summed E-state index contributed by atoms with van der Waals surface area (Å²) in [5.41, 5.74) is 9.58. The normalized spacial score (nSPS) is 23.1. The highest BCUT2D eigenvalue weighted by atomic mass is 19.4. The molecule has 67 heavy (non-hydrogen) atoms. The van der Waals surface area contributed by atoms with E-state index in [1.807, 2.05) is 78.7 Å². The summed E-state index contributed by atoms with van der Waals surface area (Å²) in [4.78, 5) is 14.2. The Hall–Kier alpha value is -7.06. The number of hydrogen-bond donors (Lipinski definition) is 0. The van der Waals surface area contributed by atoms with Crippen molar-refractivity contribution < 1.29 is 13.2 Å². The Labute approximate surface area is 392 Å². The van der Waals surface area contributed by atoms with Crippen LogP contribution in [-0.2, 0) is 11.6 Å². The lowest BCUT2D eigenvalue weighted by Gasteiger charge is -2.59. The summed E-state index contributed by atoms with van der Waals surface area (Å²) in [7, 11) is 0. The maximum atomic E-state index is 15.5. The molecule has 0 amide bonds. The van der Waals surface area contributed by atoms with Gasteiger partial charge >= 0.3 is 6.18 Å². The van der Waals surface area contributed by atoms with Crippen LogP contribution in [-0.4, -0.2) is 17.3 Å². The van der Waals surface area contributed by atoms with Crippen LogP contribution < -0.4 is 19.6 Å². The number of aromatic nitrogens is 1. The van der Waals surface area contributed by atoms with Crippen molar-refractivity contribution in [2.24, 2.45) is 10.8 Å². The van der Waals surface area contributed by atoms with Gasteiger partial charge in [0.25, 0.3) is 0 Å². The zero-order valence-corrected chi connectivity index (χ0v) is 38.6. The molecule has 4 aliphatic heterocycles. The smallest absolute Gasteiger partial charge is 0.317 e. The van der Waals surface area contributed by atoms with Crippen LogP contribution in [0.3, 0.4) is 0 Å². The molecule has 4 aliphatic rings. The molecule has 5 nitrogen and oxygen atoms in total. The maximum Gasteiger partial charge on any atom is 0.418 e. The fourth-order valence-electron chi connectivity index (χ4n) is 12.8. The van der Waals surface area contributed by atoms with Crippen molar-refractivity contribution in [3.05, 3.63) is 211 Å². The first-order chi connectivity index (χ1) is 32.3. The lowest BCUT2D eigenvalue weighted by atomic mass is 9.53. The van der Waals surface area contributed by atoms with Crippen LogP contribution in [0.2, 0.25) is 0 Å². The summed E-state index contributed by atoms with van der Waals surface area (Å²) in [6, 6.07) is 50.7. The van der Waals surface area contributed by atoms with Gasteiger partial charge in [0.2, 0.25) is 0 Å². The molecule has 336 valence electrons. The molecular weight excluding hydrogens is 836 g/mol. The van der Waals surface area contributed by atoms with E-state index in [2.05, 4.69) is 140 Å². The van der Waals surface area contributed by atoms with Gasteiger partial charge in [0.15, 0.2) is 5.82 Å². The van der Waals surface area contributed by atoms with Crippen LogP contribution in [0.5, 0.6) is 0 Å². The summed E-state index contributed by atoms with van der Waals surface area (Å²) >= 11 is 0. The minimum atomic E-state index is -4.60. The predicted octanol–water partition coefficient (Wildman–Crippen LogP) is 15.8. The average Bonchev–Trinajstić information content (AvgIpc) is 3.87. The van der Waals surface area contributed by atoms with Crippen molar-refractivity contribution in [3.63, 3.8) is 0 Å². The second-order valence-electron chi connectivity index (χ2n) is 19.5. The second-order valence-corrected chi connectivity index (χ2v) is 19.5. The molecule has 6 aromatic carbocycles. The van der Waals surface area contributed by atoms with Crippen LogP contribution in [0.15, 0.2) is 183 Å². The Morgan fingerprint density at radius 3 is 1.96 bits per heavy atom. The number of pyridine rings is 1. The molecule has 0 bridgehead atoms. The van der Waals surface area contributed by atoms with Crippen molar-refractivity contribution in [2.45, 2.75) is 77.3 Å². The molecule has 0 spiro atoms. The number of hydrogen-bond acceptors (Lipinski definition) is 5. The molecular formula is C59H54F3N5. The Morgan fingerprint density at radius 2 is 1.22 bits per heavy atom. The molecule has 8 heteroatoms. The molecule has 0 fully saturated rings. The quantitative estimate of drug-likeness (QED) is 0.142. The Bertz CT molecular complexity index is 3100. The summed E-state index contributed by atoms with van der Waals surface area (Å²) < 4.78 is 46.4. The first-order valence-electron chi connectivity index (χ1n) is 23.3. The monoisotopic (exact) mass is 889 g/mol. The number of halogens is 3. The highest BCUT2D eigenvalue weighted by molar-refractivity contribution is 5.94. The molecule has 0 saturated carbocycles. The van der Waals surface area contributed by atoms with E-state index in [9.17, 15) is 0 Å². The van der Waals surface area contributed by atoms with Crippen LogP contribution >= 0.6 is 0 Å². The zero-order chi connectivity index (χ0) is 46.6. The van der Waals surface area contributed by atoms with Crippen molar-refractivity contribution in [2.75, 3.05) is 19.6 Å². The molecule has 1 aromatic heterocycles. The third-order valence-electron chi connectivity index (χ3n) is 16.0. The predicted molar refractivity (Wildman–Crippen MR) is 268 cm³/mol. The van der Waals surface area contributed by atoms with Crippen LogP contribution in [0.1, 0.15) is 67.3 Å². The maximum absolute atomic E-state index is 15.5. The van der Waals surface area contributed by atoms with Crippen molar-refractivity contribution >= 4 is 45.6 Å². The third-order valence-corrected chi connectivity index (χ3v) is 16.0. The molecule has 5 heterocycles. The molecule has 0 N–H and O–H groups in total. The van der Waals surface area contributed by atoms with Gasteiger partial charge in [-0.3, -0.25) is 0 Å². The van der Waals surface area contributed by atoms with E-state index in [0.717, 1.165) is 56.5 Å². The minimum Gasteiger partial charge on any atom is -0.317 e. The number of rotatable bonds is 8. The fraction of sp³-hybridized carbons (Fsp3) is 0.237. The van der Waals surface area contributed by atoms with Crippen LogP contribution in [0, 0.1) is 24.7 Å². The van der Waals surface area contributed by atoms with E-state index in [1.54, 1.807) is 6.07 Å². The van der Waals surface area contributed by atoms with Crippen molar-refractivity contribution in [1.82, 2.24) is 4.98 Å². The van der Waals surface area contributed by atoms with Crippen molar-refractivity contribution in [1.29, 1.82) is 0 Å². The highest BCUT2D eigenvalue weighted by Gasteiger charge is 2.63. The average molecular weight is 890 g/mol. The fourth-order valence-corrected chi connectivity index (χ4v) is 12.8. The van der Waals surface area contributed by atoms with E-state index in [4.69, 9.17) is 11.6 Å². The van der Waals surface area contributed by atoms with Gasteiger partial charge in [0.1, 0.15) is 12.3 Å². The molecule has 0 saturated heterocycles. The highest BCUT2D eigenvalue weighted by Crippen LogP contribution is 2.68. The summed E-state index contributed by atoms with van der Waals surface area (Å²) in [5, 5.41) is 0.